The molecule has 0 unspecified atom stereocenters. The highest BCUT2D eigenvalue weighted by Gasteiger charge is 2.16. The van der Waals surface area contributed by atoms with Gasteiger partial charge in [0.1, 0.15) is 11.3 Å². The van der Waals surface area contributed by atoms with E-state index in [1.54, 1.807) is 13.2 Å². The Hall–Kier alpha value is -4.23. The van der Waals surface area contributed by atoms with Gasteiger partial charge in [0.2, 0.25) is 5.89 Å². The average molecular weight is 482 g/mol. The normalized spacial score (nSPS) is 10.9. The molecule has 7 heteroatoms. The Morgan fingerprint density at radius 2 is 1.69 bits per heavy atom. The van der Waals surface area contributed by atoms with Crippen LogP contribution in [0.5, 0.6) is 5.75 Å². The van der Waals surface area contributed by atoms with Gasteiger partial charge in [-0.3, -0.25) is 10.1 Å². The summed E-state index contributed by atoms with van der Waals surface area (Å²) in [7, 11) is 1.54. The number of carbonyl (C=O) groups excluding carboxylic acids is 1. The van der Waals surface area contributed by atoms with Crippen molar-refractivity contribution >= 4 is 50.8 Å². The summed E-state index contributed by atoms with van der Waals surface area (Å²) in [4.78, 5) is 17.5. The van der Waals surface area contributed by atoms with E-state index in [1.807, 2.05) is 74.5 Å². The highest BCUT2D eigenvalue weighted by Crippen LogP contribution is 2.28. The van der Waals surface area contributed by atoms with Crippen molar-refractivity contribution in [1.29, 1.82) is 0 Å². The van der Waals surface area contributed by atoms with Crippen LogP contribution >= 0.6 is 12.2 Å². The third-order valence-electron chi connectivity index (χ3n) is 5.75. The molecule has 0 atom stereocenters. The zero-order valence-electron chi connectivity index (χ0n) is 19.5. The van der Waals surface area contributed by atoms with Gasteiger partial charge in [-0.1, -0.05) is 30.3 Å². The lowest BCUT2D eigenvalue weighted by Crippen LogP contribution is -2.34. The van der Waals surface area contributed by atoms with Gasteiger partial charge in [0, 0.05) is 11.3 Å². The van der Waals surface area contributed by atoms with E-state index in [9.17, 15) is 4.79 Å². The van der Waals surface area contributed by atoms with Crippen LogP contribution in [-0.2, 0) is 0 Å². The molecular formula is C28H23N3O3S. The lowest BCUT2D eigenvalue weighted by molar-refractivity contribution is 0.0975. The number of ether oxygens (including phenoxy) is 1. The van der Waals surface area contributed by atoms with E-state index >= 15 is 0 Å². The van der Waals surface area contributed by atoms with Crippen LogP contribution in [0.15, 0.2) is 77.2 Å². The minimum Gasteiger partial charge on any atom is -0.496 e. The van der Waals surface area contributed by atoms with E-state index in [-0.39, 0.29) is 11.0 Å². The number of fused-ring (bicyclic) bond motifs is 2. The number of nitrogens with one attached hydrogen (secondary N) is 2. The minimum absolute atomic E-state index is 0.186. The molecule has 35 heavy (non-hydrogen) atoms. The number of hydrogen-bond donors (Lipinski definition) is 2. The zero-order valence-corrected chi connectivity index (χ0v) is 20.3. The molecule has 4 aromatic carbocycles. The summed E-state index contributed by atoms with van der Waals surface area (Å²) in [6, 6.07) is 23.0. The SMILES string of the molecule is COc1cc2ccccc2cc1C(=O)NC(=S)Nc1ccc(-c2nc3cc(C)cc(C)c3o2)cc1. The van der Waals surface area contributed by atoms with Gasteiger partial charge in [0.05, 0.1) is 12.7 Å². The van der Waals surface area contributed by atoms with Gasteiger partial charge < -0.3 is 14.5 Å². The number of benzene rings is 4. The van der Waals surface area contributed by atoms with Crippen molar-refractivity contribution in [2.24, 2.45) is 0 Å². The Labute approximate surface area is 207 Å². The number of oxazole rings is 1. The van der Waals surface area contributed by atoms with Crippen molar-refractivity contribution < 1.29 is 13.9 Å². The van der Waals surface area contributed by atoms with E-state index in [1.165, 1.54) is 0 Å². The fourth-order valence-electron chi connectivity index (χ4n) is 4.09. The molecule has 2 N–H and O–H groups in total. The standard InChI is InChI=1S/C28H23N3O3S/c1-16-12-17(2)25-23(13-16)30-27(34-25)18-8-10-21(11-9-18)29-28(35)31-26(32)22-14-19-6-4-5-7-20(19)15-24(22)33-3/h4-15H,1-3H3,(H2,29,31,32,35). The molecule has 0 saturated carbocycles. The first kappa shape index (κ1) is 22.6. The van der Waals surface area contributed by atoms with Gasteiger partial charge in [0.25, 0.3) is 5.91 Å². The van der Waals surface area contributed by atoms with Crippen molar-refractivity contribution in [1.82, 2.24) is 10.3 Å². The third-order valence-corrected chi connectivity index (χ3v) is 5.95. The second-order valence-corrected chi connectivity index (χ2v) is 8.74. The monoisotopic (exact) mass is 481 g/mol. The molecule has 0 fully saturated rings. The number of amides is 1. The summed E-state index contributed by atoms with van der Waals surface area (Å²) in [5, 5.41) is 7.90. The van der Waals surface area contributed by atoms with E-state index in [4.69, 9.17) is 21.4 Å². The van der Waals surface area contributed by atoms with Crippen LogP contribution in [0.25, 0.3) is 33.3 Å². The first-order valence-electron chi connectivity index (χ1n) is 11.1. The number of anilines is 1. The van der Waals surface area contributed by atoms with Crippen molar-refractivity contribution in [3.05, 3.63) is 89.5 Å². The Bertz CT molecular complexity index is 1590. The fraction of sp³-hybridized carbons (Fsp3) is 0.107. The Kier molecular flexibility index (Phi) is 5.93. The third kappa shape index (κ3) is 4.58. The predicted octanol–water partition coefficient (Wildman–Crippen LogP) is 6.40. The average Bonchev–Trinajstić information content (AvgIpc) is 3.28. The lowest BCUT2D eigenvalue weighted by atomic mass is 10.1. The number of aromatic nitrogens is 1. The van der Waals surface area contributed by atoms with Gasteiger partial charge in [0.15, 0.2) is 10.7 Å². The molecule has 174 valence electrons. The van der Waals surface area contributed by atoms with Crippen molar-refractivity contribution in [2.75, 3.05) is 12.4 Å². The molecular weight excluding hydrogens is 458 g/mol. The van der Waals surface area contributed by atoms with Crippen LogP contribution in [0.3, 0.4) is 0 Å². The summed E-state index contributed by atoms with van der Waals surface area (Å²) < 4.78 is 11.4. The molecule has 0 aliphatic carbocycles. The molecule has 1 heterocycles. The predicted molar refractivity (Wildman–Crippen MR) is 143 cm³/mol. The van der Waals surface area contributed by atoms with E-state index < -0.39 is 0 Å². The highest BCUT2D eigenvalue weighted by molar-refractivity contribution is 7.80. The van der Waals surface area contributed by atoms with Crippen molar-refractivity contribution in [2.45, 2.75) is 13.8 Å². The maximum Gasteiger partial charge on any atom is 0.261 e. The Morgan fingerprint density at radius 1 is 0.971 bits per heavy atom. The fourth-order valence-corrected chi connectivity index (χ4v) is 4.31. The number of hydrogen-bond acceptors (Lipinski definition) is 5. The molecule has 0 saturated heterocycles. The molecule has 5 aromatic rings. The molecule has 0 aliphatic heterocycles. The number of carbonyl (C=O) groups is 1. The number of thiocarbonyl (C=S) groups is 1. The van der Waals surface area contributed by atoms with Crippen LogP contribution in [0.2, 0.25) is 0 Å². The maximum atomic E-state index is 12.9. The molecule has 0 aliphatic rings. The first-order chi connectivity index (χ1) is 16.9. The summed E-state index contributed by atoms with van der Waals surface area (Å²) in [5.41, 5.74) is 5.82. The Morgan fingerprint density at radius 3 is 2.40 bits per heavy atom. The molecule has 0 radical (unpaired) electrons. The quantitative estimate of drug-likeness (QED) is 0.289. The smallest absolute Gasteiger partial charge is 0.261 e. The summed E-state index contributed by atoms with van der Waals surface area (Å²) in [6.45, 7) is 4.05. The number of aryl methyl sites for hydroxylation is 2. The lowest BCUT2D eigenvalue weighted by Gasteiger charge is -2.13. The van der Waals surface area contributed by atoms with Crippen LogP contribution in [0.1, 0.15) is 21.5 Å². The van der Waals surface area contributed by atoms with Crippen molar-refractivity contribution in [3.8, 4) is 17.2 Å². The van der Waals surface area contributed by atoms with Gasteiger partial charge in [-0.2, -0.15) is 0 Å². The summed E-state index contributed by atoms with van der Waals surface area (Å²) >= 11 is 5.37. The minimum atomic E-state index is -0.348. The van der Waals surface area contributed by atoms with Crippen LogP contribution < -0.4 is 15.4 Å². The topological polar surface area (TPSA) is 76.4 Å². The summed E-state index contributed by atoms with van der Waals surface area (Å²) in [6.07, 6.45) is 0. The van der Waals surface area contributed by atoms with Gasteiger partial charge in [-0.15, -0.1) is 0 Å². The zero-order chi connectivity index (χ0) is 24.5. The number of rotatable bonds is 4. The van der Waals surface area contributed by atoms with Crippen LogP contribution in [-0.4, -0.2) is 23.1 Å². The highest BCUT2D eigenvalue weighted by atomic mass is 32.1. The van der Waals surface area contributed by atoms with Gasteiger partial charge >= 0.3 is 0 Å². The number of methoxy groups -OCH3 is 1. The first-order valence-corrected chi connectivity index (χ1v) is 11.5. The number of nitrogens with zero attached hydrogens (tertiary/aromatic N) is 1. The maximum absolute atomic E-state index is 12.9. The van der Waals surface area contributed by atoms with E-state index in [0.29, 0.717) is 17.2 Å². The van der Waals surface area contributed by atoms with E-state index in [2.05, 4.69) is 21.7 Å². The van der Waals surface area contributed by atoms with Gasteiger partial charge in [-0.25, -0.2) is 4.98 Å². The second kappa shape index (κ2) is 9.19. The van der Waals surface area contributed by atoms with Crippen molar-refractivity contribution in [3.63, 3.8) is 0 Å². The molecule has 0 spiro atoms. The second-order valence-electron chi connectivity index (χ2n) is 8.33. The van der Waals surface area contributed by atoms with Crippen LogP contribution in [0.4, 0.5) is 5.69 Å². The van der Waals surface area contributed by atoms with Crippen LogP contribution in [0, 0.1) is 13.8 Å². The summed E-state index contributed by atoms with van der Waals surface area (Å²) in [5.74, 6) is 0.690. The molecule has 6 nitrogen and oxygen atoms in total. The molecule has 1 amide bonds. The Balaban J connectivity index is 1.30. The largest absolute Gasteiger partial charge is 0.496 e. The van der Waals surface area contributed by atoms with Gasteiger partial charge in [-0.05, 0) is 90.4 Å². The molecule has 1 aromatic heterocycles. The molecule has 5 rings (SSSR count). The van der Waals surface area contributed by atoms with E-state index in [0.717, 1.165) is 44.2 Å². The molecule has 0 bridgehead atoms.